The summed E-state index contributed by atoms with van der Waals surface area (Å²) in [6.07, 6.45) is 0. The van der Waals surface area contributed by atoms with Gasteiger partial charge in [-0.2, -0.15) is 0 Å². The fourth-order valence-electron chi connectivity index (χ4n) is 1.86. The van der Waals surface area contributed by atoms with Crippen LogP contribution in [0.25, 0.3) is 0 Å². The summed E-state index contributed by atoms with van der Waals surface area (Å²) in [6.45, 7) is 5.49. The molecule has 0 radical (unpaired) electrons. The Balaban J connectivity index is 2.30. The quantitative estimate of drug-likeness (QED) is 0.726. The fraction of sp³-hybridized carbons (Fsp3) is 0.462. The standard InChI is InChI=1S/C13H17NO3/c1-12(2,3)17-11(15)13(16)8-14-10-7-5-4-6-9(10)13/h4-7,14,16H,8H2,1-3H3. The third kappa shape index (κ3) is 2.13. The van der Waals surface area contributed by atoms with E-state index in [-0.39, 0.29) is 6.54 Å². The predicted molar refractivity (Wildman–Crippen MR) is 64.7 cm³/mol. The van der Waals surface area contributed by atoms with Crippen molar-refractivity contribution < 1.29 is 14.6 Å². The van der Waals surface area contributed by atoms with Crippen molar-refractivity contribution in [3.8, 4) is 0 Å². The minimum Gasteiger partial charge on any atom is -0.458 e. The monoisotopic (exact) mass is 235 g/mol. The topological polar surface area (TPSA) is 58.6 Å². The molecule has 1 unspecified atom stereocenters. The summed E-state index contributed by atoms with van der Waals surface area (Å²) in [7, 11) is 0. The molecule has 0 aliphatic carbocycles. The number of aliphatic hydroxyl groups is 1. The van der Waals surface area contributed by atoms with E-state index in [1.54, 1.807) is 32.9 Å². The van der Waals surface area contributed by atoms with Crippen LogP contribution < -0.4 is 5.32 Å². The van der Waals surface area contributed by atoms with Crippen molar-refractivity contribution in [2.24, 2.45) is 0 Å². The van der Waals surface area contributed by atoms with E-state index in [9.17, 15) is 9.90 Å². The molecule has 1 aromatic carbocycles. The number of fused-ring (bicyclic) bond motifs is 1. The Bertz CT molecular complexity index is 450. The summed E-state index contributed by atoms with van der Waals surface area (Å²) < 4.78 is 5.25. The van der Waals surface area contributed by atoms with Gasteiger partial charge in [0.1, 0.15) is 5.60 Å². The Morgan fingerprint density at radius 2 is 2.06 bits per heavy atom. The highest BCUT2D eigenvalue weighted by Gasteiger charge is 2.46. The highest BCUT2D eigenvalue weighted by atomic mass is 16.6. The van der Waals surface area contributed by atoms with Gasteiger partial charge in [-0.3, -0.25) is 0 Å². The number of hydrogen-bond donors (Lipinski definition) is 2. The summed E-state index contributed by atoms with van der Waals surface area (Å²) >= 11 is 0. The first-order valence-corrected chi connectivity index (χ1v) is 5.62. The molecule has 1 aliphatic rings. The highest BCUT2D eigenvalue weighted by molar-refractivity contribution is 5.87. The number of anilines is 1. The maximum Gasteiger partial charge on any atom is 0.345 e. The fourth-order valence-corrected chi connectivity index (χ4v) is 1.86. The lowest BCUT2D eigenvalue weighted by molar-refractivity contribution is -0.176. The number of nitrogens with one attached hydrogen (secondary N) is 1. The SMILES string of the molecule is CC(C)(C)OC(=O)C1(O)CNc2ccccc21. The molecule has 17 heavy (non-hydrogen) atoms. The molecule has 4 nitrogen and oxygen atoms in total. The summed E-state index contributed by atoms with van der Waals surface area (Å²) in [4.78, 5) is 12.0. The zero-order valence-corrected chi connectivity index (χ0v) is 10.3. The molecule has 2 rings (SSSR count). The molecule has 0 fully saturated rings. The van der Waals surface area contributed by atoms with Gasteiger partial charge in [-0.15, -0.1) is 0 Å². The van der Waals surface area contributed by atoms with Crippen molar-refractivity contribution >= 4 is 11.7 Å². The van der Waals surface area contributed by atoms with E-state index in [0.29, 0.717) is 5.56 Å². The third-order valence-corrected chi connectivity index (χ3v) is 2.64. The summed E-state index contributed by atoms with van der Waals surface area (Å²) in [5, 5.41) is 13.4. The van der Waals surface area contributed by atoms with Crippen LogP contribution >= 0.6 is 0 Å². The number of carbonyl (C=O) groups excluding carboxylic acids is 1. The smallest absolute Gasteiger partial charge is 0.345 e. The third-order valence-electron chi connectivity index (χ3n) is 2.64. The number of rotatable bonds is 1. The normalized spacial score (nSPS) is 22.8. The van der Waals surface area contributed by atoms with Crippen molar-refractivity contribution in [3.63, 3.8) is 0 Å². The molecule has 4 heteroatoms. The number of benzene rings is 1. The number of para-hydroxylation sites is 1. The molecule has 1 atom stereocenters. The number of β-amino-alcohol motifs (C(OH)–C–C–N with tert-alkyl or cyclic N) is 1. The van der Waals surface area contributed by atoms with Crippen molar-refractivity contribution in [2.75, 3.05) is 11.9 Å². The first-order valence-electron chi connectivity index (χ1n) is 5.62. The van der Waals surface area contributed by atoms with Gasteiger partial charge >= 0.3 is 5.97 Å². The summed E-state index contributed by atoms with van der Waals surface area (Å²) in [6, 6.07) is 7.21. The summed E-state index contributed by atoms with van der Waals surface area (Å²) in [5.41, 5.74) is -0.830. The second kappa shape index (κ2) is 3.74. The lowest BCUT2D eigenvalue weighted by Crippen LogP contribution is -2.42. The predicted octanol–water partition coefficient (Wildman–Crippen LogP) is 1.64. The Labute approximate surface area is 101 Å². The maximum atomic E-state index is 12.0. The molecular weight excluding hydrogens is 218 g/mol. The van der Waals surface area contributed by atoms with Gasteiger partial charge in [0, 0.05) is 11.3 Å². The van der Waals surface area contributed by atoms with Crippen molar-refractivity contribution in [1.82, 2.24) is 0 Å². The van der Waals surface area contributed by atoms with Gasteiger partial charge in [0.05, 0.1) is 6.54 Å². The maximum absolute atomic E-state index is 12.0. The van der Waals surface area contributed by atoms with E-state index < -0.39 is 17.2 Å². The van der Waals surface area contributed by atoms with Crippen LogP contribution in [0.3, 0.4) is 0 Å². The number of esters is 1. The molecule has 0 saturated carbocycles. The molecule has 0 spiro atoms. The Kier molecular flexibility index (Phi) is 2.62. The molecule has 0 aromatic heterocycles. The van der Waals surface area contributed by atoms with Crippen LogP contribution in [0, 0.1) is 0 Å². The zero-order chi connectivity index (χ0) is 12.7. The average Bonchev–Trinajstić information content (AvgIpc) is 2.56. The van der Waals surface area contributed by atoms with Crippen molar-refractivity contribution in [3.05, 3.63) is 29.8 Å². The second-order valence-corrected chi connectivity index (χ2v) is 5.26. The van der Waals surface area contributed by atoms with Gasteiger partial charge in [0.25, 0.3) is 0 Å². The largest absolute Gasteiger partial charge is 0.458 e. The van der Waals surface area contributed by atoms with Crippen LogP contribution in [0.15, 0.2) is 24.3 Å². The van der Waals surface area contributed by atoms with E-state index in [1.165, 1.54) is 0 Å². The Morgan fingerprint density at radius 3 is 2.71 bits per heavy atom. The molecule has 0 amide bonds. The molecule has 2 N–H and O–H groups in total. The molecule has 92 valence electrons. The average molecular weight is 235 g/mol. The summed E-state index contributed by atoms with van der Waals surface area (Å²) in [5.74, 6) is -0.609. The van der Waals surface area contributed by atoms with Crippen LogP contribution in [0.4, 0.5) is 5.69 Å². The van der Waals surface area contributed by atoms with E-state index in [1.807, 2.05) is 12.1 Å². The Morgan fingerprint density at radius 1 is 1.41 bits per heavy atom. The van der Waals surface area contributed by atoms with E-state index in [4.69, 9.17) is 4.74 Å². The molecule has 0 bridgehead atoms. The zero-order valence-electron chi connectivity index (χ0n) is 10.3. The van der Waals surface area contributed by atoms with Crippen LogP contribution in [-0.4, -0.2) is 23.2 Å². The minimum atomic E-state index is -1.58. The van der Waals surface area contributed by atoms with Crippen LogP contribution in [0.1, 0.15) is 26.3 Å². The molecule has 0 saturated heterocycles. The first kappa shape index (κ1) is 11.9. The molecule has 1 heterocycles. The second-order valence-electron chi connectivity index (χ2n) is 5.26. The van der Waals surface area contributed by atoms with Gasteiger partial charge < -0.3 is 15.2 Å². The Hall–Kier alpha value is -1.55. The lowest BCUT2D eigenvalue weighted by atomic mass is 9.96. The van der Waals surface area contributed by atoms with Gasteiger partial charge in [0.15, 0.2) is 0 Å². The minimum absolute atomic E-state index is 0.154. The number of hydrogen-bond acceptors (Lipinski definition) is 4. The van der Waals surface area contributed by atoms with Gasteiger partial charge in [-0.25, -0.2) is 4.79 Å². The first-order chi connectivity index (χ1) is 7.83. The van der Waals surface area contributed by atoms with Crippen LogP contribution in [0.5, 0.6) is 0 Å². The highest BCUT2D eigenvalue weighted by Crippen LogP contribution is 2.36. The molecule has 1 aliphatic heterocycles. The lowest BCUT2D eigenvalue weighted by Gasteiger charge is -2.27. The van der Waals surface area contributed by atoms with Crippen molar-refractivity contribution in [1.29, 1.82) is 0 Å². The van der Waals surface area contributed by atoms with E-state index >= 15 is 0 Å². The van der Waals surface area contributed by atoms with Gasteiger partial charge in [0.2, 0.25) is 5.60 Å². The number of ether oxygens (including phenoxy) is 1. The molecule has 1 aromatic rings. The van der Waals surface area contributed by atoms with Gasteiger partial charge in [-0.05, 0) is 26.8 Å². The number of carbonyl (C=O) groups is 1. The van der Waals surface area contributed by atoms with Crippen LogP contribution in [-0.2, 0) is 15.1 Å². The van der Waals surface area contributed by atoms with E-state index in [0.717, 1.165) is 5.69 Å². The van der Waals surface area contributed by atoms with Crippen LogP contribution in [0.2, 0.25) is 0 Å². The van der Waals surface area contributed by atoms with Crippen molar-refractivity contribution in [2.45, 2.75) is 32.0 Å². The van der Waals surface area contributed by atoms with E-state index in [2.05, 4.69) is 5.32 Å². The molecular formula is C13H17NO3. The van der Waals surface area contributed by atoms with Gasteiger partial charge in [-0.1, -0.05) is 18.2 Å².